The monoisotopic (exact) mass is 253 g/mol. The third kappa shape index (κ3) is 4.94. The average molecular weight is 253 g/mol. The summed E-state index contributed by atoms with van der Waals surface area (Å²) in [6.07, 6.45) is 0.995. The molecule has 0 heterocycles. The lowest BCUT2D eigenvalue weighted by atomic mass is 10.1. The van der Waals surface area contributed by atoms with Gasteiger partial charge in [-0.2, -0.15) is 0 Å². The van der Waals surface area contributed by atoms with Crippen LogP contribution in [0.3, 0.4) is 0 Å². The van der Waals surface area contributed by atoms with Crippen molar-refractivity contribution in [3.8, 4) is 11.5 Å². The van der Waals surface area contributed by atoms with Gasteiger partial charge in [-0.05, 0) is 24.1 Å². The predicted octanol–water partition coefficient (Wildman–Crippen LogP) is 1.87. The summed E-state index contributed by atoms with van der Waals surface area (Å²) < 4.78 is 15.9. The van der Waals surface area contributed by atoms with Crippen LogP contribution >= 0.6 is 0 Å². The highest BCUT2D eigenvalue weighted by atomic mass is 16.5. The highest BCUT2D eigenvalue weighted by molar-refractivity contribution is 5.42. The van der Waals surface area contributed by atoms with Gasteiger partial charge in [0.15, 0.2) is 11.5 Å². The van der Waals surface area contributed by atoms with E-state index in [4.69, 9.17) is 14.2 Å². The van der Waals surface area contributed by atoms with Crippen molar-refractivity contribution in [2.75, 3.05) is 40.5 Å². The predicted molar refractivity (Wildman–Crippen MR) is 72.6 cm³/mol. The van der Waals surface area contributed by atoms with E-state index in [9.17, 15) is 0 Å². The fourth-order valence-corrected chi connectivity index (χ4v) is 1.58. The molecule has 0 aliphatic rings. The molecule has 0 saturated carbocycles. The smallest absolute Gasteiger partial charge is 0.161 e. The molecule has 4 heteroatoms. The van der Waals surface area contributed by atoms with Gasteiger partial charge in [0.25, 0.3) is 0 Å². The van der Waals surface area contributed by atoms with Gasteiger partial charge in [-0.15, -0.1) is 0 Å². The fourth-order valence-electron chi connectivity index (χ4n) is 1.58. The van der Waals surface area contributed by atoms with Crippen LogP contribution < -0.4 is 14.8 Å². The minimum atomic E-state index is 0.617. The lowest BCUT2D eigenvalue weighted by Crippen LogP contribution is -2.24. The maximum atomic E-state index is 5.68. The summed E-state index contributed by atoms with van der Waals surface area (Å²) >= 11 is 0. The van der Waals surface area contributed by atoms with Gasteiger partial charge < -0.3 is 19.5 Å². The third-order valence-corrected chi connectivity index (χ3v) is 2.66. The van der Waals surface area contributed by atoms with E-state index in [-0.39, 0.29) is 0 Å². The van der Waals surface area contributed by atoms with Crippen molar-refractivity contribution < 1.29 is 14.2 Å². The van der Waals surface area contributed by atoms with Crippen LogP contribution in [-0.4, -0.2) is 40.5 Å². The maximum absolute atomic E-state index is 5.68. The summed E-state index contributed by atoms with van der Waals surface area (Å²) in [5.41, 5.74) is 1.25. The van der Waals surface area contributed by atoms with E-state index < -0.39 is 0 Å². The van der Waals surface area contributed by atoms with Crippen molar-refractivity contribution in [2.45, 2.75) is 13.3 Å². The second-order valence-electron chi connectivity index (χ2n) is 3.93. The normalized spacial score (nSPS) is 10.4. The first-order chi connectivity index (χ1) is 8.81. The summed E-state index contributed by atoms with van der Waals surface area (Å²) in [4.78, 5) is 0. The third-order valence-electron chi connectivity index (χ3n) is 2.66. The van der Waals surface area contributed by atoms with Gasteiger partial charge in [0.1, 0.15) is 6.61 Å². The van der Waals surface area contributed by atoms with Crippen molar-refractivity contribution >= 4 is 0 Å². The fraction of sp³-hybridized carbons (Fsp3) is 0.571. The first kappa shape index (κ1) is 14.8. The Morgan fingerprint density at radius 1 is 1.06 bits per heavy atom. The van der Waals surface area contributed by atoms with Crippen LogP contribution in [0.2, 0.25) is 0 Å². The van der Waals surface area contributed by atoms with Crippen molar-refractivity contribution in [1.82, 2.24) is 5.32 Å². The zero-order chi connectivity index (χ0) is 13.2. The van der Waals surface area contributed by atoms with E-state index in [1.54, 1.807) is 14.2 Å². The average Bonchev–Trinajstić information content (AvgIpc) is 2.42. The first-order valence-corrected chi connectivity index (χ1v) is 6.31. The van der Waals surface area contributed by atoms with Crippen LogP contribution in [0.1, 0.15) is 12.5 Å². The molecule has 1 aromatic carbocycles. The van der Waals surface area contributed by atoms with Gasteiger partial charge in [-0.25, -0.2) is 0 Å². The Balaban J connectivity index is 2.37. The molecule has 0 unspecified atom stereocenters. The van der Waals surface area contributed by atoms with Gasteiger partial charge >= 0.3 is 0 Å². The molecule has 0 saturated heterocycles. The van der Waals surface area contributed by atoms with Crippen molar-refractivity contribution in [3.05, 3.63) is 23.8 Å². The second-order valence-corrected chi connectivity index (χ2v) is 3.93. The summed E-state index contributed by atoms with van der Waals surface area (Å²) in [5, 5.41) is 3.23. The van der Waals surface area contributed by atoms with Gasteiger partial charge in [0, 0.05) is 20.2 Å². The van der Waals surface area contributed by atoms with E-state index in [1.807, 2.05) is 12.1 Å². The molecule has 4 nitrogen and oxygen atoms in total. The molecule has 0 aliphatic carbocycles. The maximum Gasteiger partial charge on any atom is 0.161 e. The van der Waals surface area contributed by atoms with Crippen molar-refractivity contribution in [3.63, 3.8) is 0 Å². The van der Waals surface area contributed by atoms with E-state index in [1.165, 1.54) is 5.56 Å². The zero-order valence-electron chi connectivity index (χ0n) is 11.5. The minimum Gasteiger partial charge on any atom is -0.493 e. The Hall–Kier alpha value is -1.26. The molecule has 0 amide bonds. The molecule has 102 valence electrons. The van der Waals surface area contributed by atoms with Gasteiger partial charge in [-0.3, -0.25) is 0 Å². The number of hydrogen-bond donors (Lipinski definition) is 1. The molecular weight excluding hydrogens is 230 g/mol. The lowest BCUT2D eigenvalue weighted by Gasteiger charge is -2.12. The Morgan fingerprint density at radius 3 is 2.50 bits per heavy atom. The summed E-state index contributed by atoms with van der Waals surface area (Å²) in [7, 11) is 3.36. The summed E-state index contributed by atoms with van der Waals surface area (Å²) in [6.45, 7) is 5.09. The summed E-state index contributed by atoms with van der Waals surface area (Å²) in [5.74, 6) is 1.59. The van der Waals surface area contributed by atoms with Crippen LogP contribution in [-0.2, 0) is 11.2 Å². The molecule has 1 N–H and O–H groups in total. The standard InChI is InChI=1S/C14H23NO3/c1-4-12-5-6-13(14(11-12)17-3)18-10-8-15-7-9-16-2/h5-6,11,15H,4,7-10H2,1-3H3. The number of nitrogens with one attached hydrogen (secondary N) is 1. The Bertz CT molecular complexity index is 342. The van der Waals surface area contributed by atoms with E-state index >= 15 is 0 Å². The first-order valence-electron chi connectivity index (χ1n) is 6.31. The van der Waals surface area contributed by atoms with Gasteiger partial charge in [0.2, 0.25) is 0 Å². The number of rotatable bonds is 9. The Morgan fingerprint density at radius 2 is 1.83 bits per heavy atom. The second kappa shape index (κ2) is 8.78. The largest absolute Gasteiger partial charge is 0.493 e. The van der Waals surface area contributed by atoms with E-state index in [0.717, 1.165) is 31.0 Å². The number of ether oxygens (including phenoxy) is 3. The number of benzene rings is 1. The van der Waals surface area contributed by atoms with E-state index in [0.29, 0.717) is 13.2 Å². The van der Waals surface area contributed by atoms with Gasteiger partial charge in [-0.1, -0.05) is 13.0 Å². The number of hydrogen-bond acceptors (Lipinski definition) is 4. The molecule has 18 heavy (non-hydrogen) atoms. The summed E-state index contributed by atoms with van der Waals surface area (Å²) in [6, 6.07) is 6.05. The minimum absolute atomic E-state index is 0.617. The Kier molecular flexibility index (Phi) is 7.22. The van der Waals surface area contributed by atoms with Crippen LogP contribution in [0.15, 0.2) is 18.2 Å². The molecular formula is C14H23NO3. The molecule has 0 spiro atoms. The molecule has 0 aliphatic heterocycles. The molecule has 0 bridgehead atoms. The van der Waals surface area contributed by atoms with Crippen LogP contribution in [0.4, 0.5) is 0 Å². The molecule has 1 aromatic rings. The van der Waals surface area contributed by atoms with E-state index in [2.05, 4.69) is 18.3 Å². The molecule has 0 radical (unpaired) electrons. The quantitative estimate of drug-likeness (QED) is 0.682. The van der Waals surface area contributed by atoms with Crippen LogP contribution in [0.25, 0.3) is 0 Å². The SMILES string of the molecule is CCc1ccc(OCCNCCOC)c(OC)c1. The Labute approximate surface area is 109 Å². The zero-order valence-corrected chi connectivity index (χ0v) is 11.5. The highest BCUT2D eigenvalue weighted by Gasteiger charge is 2.04. The van der Waals surface area contributed by atoms with Crippen molar-refractivity contribution in [2.24, 2.45) is 0 Å². The van der Waals surface area contributed by atoms with Crippen LogP contribution in [0.5, 0.6) is 11.5 Å². The molecule has 0 atom stereocenters. The lowest BCUT2D eigenvalue weighted by molar-refractivity contribution is 0.196. The topological polar surface area (TPSA) is 39.7 Å². The number of aryl methyl sites for hydroxylation is 1. The molecule has 0 fully saturated rings. The highest BCUT2D eigenvalue weighted by Crippen LogP contribution is 2.28. The van der Waals surface area contributed by atoms with Crippen molar-refractivity contribution in [1.29, 1.82) is 0 Å². The molecule has 0 aromatic heterocycles. The molecule has 1 rings (SSSR count). The van der Waals surface area contributed by atoms with Crippen LogP contribution in [0, 0.1) is 0 Å². The number of methoxy groups -OCH3 is 2. The van der Waals surface area contributed by atoms with Gasteiger partial charge in [0.05, 0.1) is 13.7 Å².